The van der Waals surface area contributed by atoms with Crippen molar-refractivity contribution in [3.8, 4) is 22.3 Å². The van der Waals surface area contributed by atoms with E-state index in [0.717, 1.165) is 70.2 Å². The lowest BCUT2D eigenvalue weighted by atomic mass is 10.1. The average molecular weight is 803 g/mol. The highest BCUT2D eigenvalue weighted by atomic mass is 35.5. The third-order valence-corrected chi connectivity index (χ3v) is 8.78. The van der Waals surface area contributed by atoms with Crippen LogP contribution in [0, 0.1) is 6.92 Å². The zero-order valence-electron chi connectivity index (χ0n) is 33.2. The van der Waals surface area contributed by atoms with Crippen LogP contribution >= 0.6 is 11.6 Å². The number of nitrogens with zero attached hydrogens (tertiary/aromatic N) is 8. The number of aromatic nitrogens is 8. The summed E-state index contributed by atoms with van der Waals surface area (Å²) in [7, 11) is 0. The first-order chi connectivity index (χ1) is 27.6. The molecule has 0 radical (unpaired) electrons. The van der Waals surface area contributed by atoms with Gasteiger partial charge in [0.15, 0.2) is 11.4 Å². The predicted molar refractivity (Wildman–Crippen MR) is 221 cm³/mol. The average Bonchev–Trinajstić information content (AvgIpc) is 3.99. The molecule has 2 N–H and O–H groups in total. The fourth-order valence-electron chi connectivity index (χ4n) is 6.11. The Labute approximate surface area is 339 Å². The largest absolute Gasteiger partial charge is 0.459 e. The molecule has 8 rings (SSSR count). The first-order valence-corrected chi connectivity index (χ1v) is 19.0. The van der Waals surface area contributed by atoms with E-state index in [2.05, 4.69) is 40.8 Å². The van der Waals surface area contributed by atoms with E-state index in [1.807, 2.05) is 97.0 Å². The molecule has 16 heteroatoms. The van der Waals surface area contributed by atoms with Crippen molar-refractivity contribution in [1.29, 1.82) is 0 Å². The summed E-state index contributed by atoms with van der Waals surface area (Å²) >= 11 is 5.97. The van der Waals surface area contributed by atoms with Crippen molar-refractivity contribution < 1.29 is 23.5 Å². The second-order valence-corrected chi connectivity index (χ2v) is 15.9. The van der Waals surface area contributed by atoms with Gasteiger partial charge >= 0.3 is 12.2 Å². The number of hydrogen-bond acceptors (Lipinski definition) is 13. The summed E-state index contributed by atoms with van der Waals surface area (Å²) in [6.07, 6.45) is 10.3. The normalized spacial score (nSPS) is 12.4. The Bertz CT molecular complexity index is 2580. The lowest BCUT2D eigenvalue weighted by molar-refractivity contribution is 0.0503. The molecule has 5 heterocycles. The van der Waals surface area contributed by atoms with Gasteiger partial charge in [-0.3, -0.25) is 0 Å². The lowest BCUT2D eigenvalue weighted by Crippen LogP contribution is -2.27. The summed E-state index contributed by atoms with van der Waals surface area (Å²) in [6, 6.07) is 17.3. The molecule has 1 aliphatic rings. The minimum Gasteiger partial charge on any atom is -0.459 e. The predicted octanol–water partition coefficient (Wildman–Crippen LogP) is 9.93. The van der Waals surface area contributed by atoms with Crippen LogP contribution in [-0.4, -0.2) is 62.9 Å². The third kappa shape index (κ3) is 9.66. The van der Waals surface area contributed by atoms with E-state index in [1.165, 1.54) is 21.2 Å². The third-order valence-electron chi connectivity index (χ3n) is 8.61. The number of hydrogen-bond donors (Lipinski definition) is 2. The maximum atomic E-state index is 12.1. The molecule has 2 aromatic carbocycles. The Kier molecular flexibility index (Phi) is 11.0. The van der Waals surface area contributed by atoms with Gasteiger partial charge in [-0.05, 0) is 115 Å². The molecular formula is C42H43ClN10O5. The number of aryl methyl sites for hydroxylation is 2. The van der Waals surface area contributed by atoms with E-state index in [-0.39, 0.29) is 5.28 Å². The van der Waals surface area contributed by atoms with E-state index in [1.54, 1.807) is 30.9 Å². The minimum atomic E-state index is -0.584. The number of ether oxygens (including phenoxy) is 2. The van der Waals surface area contributed by atoms with Gasteiger partial charge in [0.25, 0.3) is 0 Å². The van der Waals surface area contributed by atoms with Gasteiger partial charge in [-0.15, -0.1) is 0 Å². The molecule has 0 spiro atoms. The van der Waals surface area contributed by atoms with E-state index >= 15 is 0 Å². The molecule has 5 aromatic heterocycles. The highest BCUT2D eigenvalue weighted by Crippen LogP contribution is 2.30. The van der Waals surface area contributed by atoms with Gasteiger partial charge < -0.3 is 24.5 Å². The smallest absolute Gasteiger partial charge is 0.435 e. The van der Waals surface area contributed by atoms with Crippen molar-refractivity contribution in [2.75, 3.05) is 10.6 Å². The molecule has 7 aromatic rings. The summed E-state index contributed by atoms with van der Waals surface area (Å²) in [5, 5.41) is 14.9. The van der Waals surface area contributed by atoms with Crippen molar-refractivity contribution in [3.05, 3.63) is 108 Å². The van der Waals surface area contributed by atoms with Crippen LogP contribution in [0.15, 0.2) is 90.1 Å². The Morgan fingerprint density at radius 1 is 0.690 bits per heavy atom. The highest BCUT2D eigenvalue weighted by molar-refractivity contribution is 6.28. The molecule has 58 heavy (non-hydrogen) atoms. The van der Waals surface area contributed by atoms with Crippen molar-refractivity contribution in [3.63, 3.8) is 0 Å². The van der Waals surface area contributed by atoms with Crippen LogP contribution < -0.4 is 10.6 Å². The van der Waals surface area contributed by atoms with Crippen LogP contribution in [0.3, 0.4) is 0 Å². The standard InChI is InChI=1S/C22H25N5O2.C20H18ClN5O3/c1-14-24-19-7-5-6-18(19)20(25-14)26-17-10-8-15(9-11-17)16-12-23-27(13-16)21(28)29-22(2,3)4;1-20(2,3)29-19(27)26-11-13(10-22-26)12-4-6-14(7-5-12)23-17-16-15(8-9-28-16)24-18(21)25-17/h8-13H,5-7H2,1-4H3,(H,24,25,26);4-11H,1-3H3,(H,23,24,25). The molecule has 1 aliphatic carbocycles. The molecule has 0 saturated carbocycles. The summed E-state index contributed by atoms with van der Waals surface area (Å²) in [5.41, 5.74) is 7.64. The Hall–Kier alpha value is -6.61. The SMILES string of the molecule is CC(C)(C)OC(=O)n1cc(-c2ccc(Nc3nc(Cl)nc4ccoc34)cc2)cn1.Cc1nc2c(c(Nc3ccc(-c4cnn(C(=O)OC(C)(C)C)c4)cc3)n1)CCC2. The van der Waals surface area contributed by atoms with E-state index < -0.39 is 23.4 Å². The van der Waals surface area contributed by atoms with Gasteiger partial charge in [-0.1, -0.05) is 24.3 Å². The molecule has 0 atom stereocenters. The number of furan rings is 1. The summed E-state index contributed by atoms with van der Waals surface area (Å²) < 4.78 is 18.5. The Morgan fingerprint density at radius 2 is 1.22 bits per heavy atom. The van der Waals surface area contributed by atoms with Crippen molar-refractivity contribution in [2.24, 2.45) is 0 Å². The van der Waals surface area contributed by atoms with Crippen LogP contribution in [0.4, 0.5) is 32.6 Å². The first kappa shape index (κ1) is 39.6. The number of halogens is 1. The van der Waals surface area contributed by atoms with Crippen LogP contribution in [0.1, 0.15) is 65.0 Å². The van der Waals surface area contributed by atoms with Crippen LogP contribution in [0.25, 0.3) is 33.4 Å². The van der Waals surface area contributed by atoms with Crippen molar-refractivity contribution >= 4 is 57.9 Å². The number of fused-ring (bicyclic) bond motifs is 2. The fourth-order valence-corrected chi connectivity index (χ4v) is 6.28. The van der Waals surface area contributed by atoms with Gasteiger partial charge in [0.05, 0.1) is 18.7 Å². The number of rotatable bonds is 6. The number of nitrogens with one attached hydrogen (secondary N) is 2. The second kappa shape index (κ2) is 16.1. The molecule has 0 amide bonds. The van der Waals surface area contributed by atoms with Gasteiger partial charge in [0.1, 0.15) is 28.4 Å². The molecule has 0 fully saturated rings. The van der Waals surface area contributed by atoms with Gasteiger partial charge in [-0.25, -0.2) is 24.5 Å². The van der Waals surface area contributed by atoms with Crippen molar-refractivity contribution in [2.45, 2.75) is 78.9 Å². The maximum absolute atomic E-state index is 12.1. The molecule has 0 saturated heterocycles. The van der Waals surface area contributed by atoms with Crippen molar-refractivity contribution in [1.82, 2.24) is 39.5 Å². The molecule has 15 nitrogen and oxygen atoms in total. The zero-order valence-corrected chi connectivity index (χ0v) is 34.0. The van der Waals surface area contributed by atoms with Crippen LogP contribution in [0.2, 0.25) is 5.28 Å². The van der Waals surface area contributed by atoms with Gasteiger partial charge in [0.2, 0.25) is 5.28 Å². The number of carbonyl (C=O) groups is 2. The van der Waals surface area contributed by atoms with E-state index in [9.17, 15) is 9.59 Å². The van der Waals surface area contributed by atoms with Crippen LogP contribution in [0.5, 0.6) is 0 Å². The topological polar surface area (TPSA) is 177 Å². The number of anilines is 4. The Morgan fingerprint density at radius 3 is 1.76 bits per heavy atom. The molecule has 298 valence electrons. The molecular weight excluding hydrogens is 760 g/mol. The van der Waals surface area contributed by atoms with E-state index in [0.29, 0.717) is 16.9 Å². The Balaban J connectivity index is 0.000000177. The number of benzene rings is 2. The summed E-state index contributed by atoms with van der Waals surface area (Å²) in [4.78, 5) is 41.7. The molecule has 0 aliphatic heterocycles. The summed E-state index contributed by atoms with van der Waals surface area (Å²) in [5.74, 6) is 2.17. The van der Waals surface area contributed by atoms with Crippen LogP contribution in [-0.2, 0) is 22.3 Å². The van der Waals surface area contributed by atoms with Gasteiger partial charge in [-0.2, -0.15) is 24.5 Å². The van der Waals surface area contributed by atoms with Gasteiger partial charge in [0, 0.05) is 52.2 Å². The second-order valence-electron chi connectivity index (χ2n) is 15.6. The molecule has 0 unspecified atom stereocenters. The quantitative estimate of drug-likeness (QED) is 0.152. The maximum Gasteiger partial charge on any atom is 0.435 e. The first-order valence-electron chi connectivity index (χ1n) is 18.6. The summed E-state index contributed by atoms with van der Waals surface area (Å²) in [6.45, 7) is 12.8. The van der Waals surface area contributed by atoms with E-state index in [4.69, 9.17) is 25.5 Å². The minimum absolute atomic E-state index is 0.132. The lowest BCUT2D eigenvalue weighted by Gasteiger charge is -2.18. The monoisotopic (exact) mass is 802 g/mol. The highest BCUT2D eigenvalue weighted by Gasteiger charge is 2.21. The fraction of sp³-hybridized carbons (Fsp3) is 0.286. The molecule has 0 bridgehead atoms. The zero-order chi connectivity index (χ0) is 41.2. The number of carbonyl (C=O) groups excluding carboxylic acids is 2.